The molecule has 17 heavy (non-hydrogen) atoms. The first-order chi connectivity index (χ1) is 8.29. The van der Waals surface area contributed by atoms with Gasteiger partial charge >= 0.3 is 0 Å². The second-order valence-corrected chi connectivity index (χ2v) is 3.91. The zero-order chi connectivity index (χ0) is 12.1. The highest BCUT2D eigenvalue weighted by atomic mass is 35.5. The van der Waals surface area contributed by atoms with Crippen LogP contribution >= 0.6 is 11.6 Å². The molecule has 0 saturated carbocycles. The van der Waals surface area contributed by atoms with Gasteiger partial charge in [-0.15, -0.1) is 0 Å². The predicted octanol–water partition coefficient (Wildman–Crippen LogP) is 2.49. The van der Waals surface area contributed by atoms with Gasteiger partial charge in [-0.3, -0.25) is 0 Å². The Morgan fingerprint density at radius 3 is 2.88 bits per heavy atom. The number of benzene rings is 1. The van der Waals surface area contributed by atoms with Crippen LogP contribution in [0.4, 0.5) is 0 Å². The van der Waals surface area contributed by atoms with Gasteiger partial charge in [-0.25, -0.2) is 0 Å². The fourth-order valence-corrected chi connectivity index (χ4v) is 1.66. The molecule has 4 nitrogen and oxygen atoms in total. The normalized spacial score (nSPS) is 10.1. The van der Waals surface area contributed by atoms with E-state index >= 15 is 0 Å². The van der Waals surface area contributed by atoms with Crippen LogP contribution in [0.25, 0.3) is 0 Å². The van der Waals surface area contributed by atoms with E-state index in [9.17, 15) is 0 Å². The van der Waals surface area contributed by atoms with Crippen LogP contribution in [0.5, 0.6) is 0 Å². The van der Waals surface area contributed by atoms with Crippen molar-refractivity contribution in [3.8, 4) is 6.07 Å². The van der Waals surface area contributed by atoms with Gasteiger partial charge in [0.1, 0.15) is 5.76 Å². The first kappa shape index (κ1) is 11.6. The molecule has 0 spiro atoms. The Bertz CT molecular complexity index is 531. The zero-order valence-corrected chi connectivity index (χ0v) is 9.74. The minimum atomic E-state index is 0.564. The molecule has 0 saturated heterocycles. The second kappa shape index (κ2) is 5.48. The van der Waals surface area contributed by atoms with Gasteiger partial charge < -0.3 is 9.84 Å². The maximum absolute atomic E-state index is 8.71. The summed E-state index contributed by atoms with van der Waals surface area (Å²) in [6.07, 6.45) is 1.60. The summed E-state index contributed by atoms with van der Waals surface area (Å²) in [5.74, 6) is 0.773. The number of rotatable bonds is 4. The minimum Gasteiger partial charge on any atom is -0.360 e. The molecule has 0 bridgehead atoms. The second-order valence-electron chi connectivity index (χ2n) is 3.50. The maximum Gasteiger partial charge on any atom is 0.150 e. The summed E-state index contributed by atoms with van der Waals surface area (Å²) in [5, 5.41) is 16.1. The van der Waals surface area contributed by atoms with Gasteiger partial charge in [-0.05, 0) is 17.7 Å². The number of hydrogen-bond acceptors (Lipinski definition) is 4. The molecule has 0 aliphatic rings. The molecule has 0 fully saturated rings. The van der Waals surface area contributed by atoms with E-state index < -0.39 is 0 Å². The molecule has 1 aromatic carbocycles. The highest BCUT2D eigenvalue weighted by Crippen LogP contribution is 2.17. The summed E-state index contributed by atoms with van der Waals surface area (Å²) in [6, 6.07) is 9.09. The monoisotopic (exact) mass is 247 g/mol. The van der Waals surface area contributed by atoms with E-state index in [0.717, 1.165) is 11.3 Å². The van der Waals surface area contributed by atoms with E-state index in [1.54, 1.807) is 24.4 Å². The van der Waals surface area contributed by atoms with Crippen molar-refractivity contribution < 1.29 is 4.52 Å². The van der Waals surface area contributed by atoms with E-state index in [2.05, 4.69) is 10.5 Å². The van der Waals surface area contributed by atoms with Crippen molar-refractivity contribution >= 4 is 11.6 Å². The van der Waals surface area contributed by atoms with Gasteiger partial charge in [-0.2, -0.15) is 5.26 Å². The summed E-state index contributed by atoms with van der Waals surface area (Å²) < 4.78 is 4.95. The summed E-state index contributed by atoms with van der Waals surface area (Å²) in [4.78, 5) is 0. The molecule has 1 heterocycles. The number of nitrogens with one attached hydrogen (secondary N) is 1. The molecule has 0 aliphatic carbocycles. The van der Waals surface area contributed by atoms with Gasteiger partial charge in [0.05, 0.1) is 24.4 Å². The first-order valence-corrected chi connectivity index (χ1v) is 5.46. The van der Waals surface area contributed by atoms with E-state index in [4.69, 9.17) is 21.4 Å². The Morgan fingerprint density at radius 2 is 2.24 bits per heavy atom. The molecule has 86 valence electrons. The molecule has 0 atom stereocenters. The number of aromatic nitrogens is 1. The molecule has 1 aromatic heterocycles. The topological polar surface area (TPSA) is 61.9 Å². The van der Waals surface area contributed by atoms with Crippen molar-refractivity contribution in [3.05, 3.63) is 52.4 Å². The molecule has 0 unspecified atom stereocenters. The Morgan fingerprint density at radius 1 is 1.35 bits per heavy atom. The largest absolute Gasteiger partial charge is 0.360 e. The van der Waals surface area contributed by atoms with Crippen molar-refractivity contribution in [3.63, 3.8) is 0 Å². The Hall–Kier alpha value is -1.83. The van der Waals surface area contributed by atoms with Crippen LogP contribution in [0.1, 0.15) is 16.9 Å². The number of hydrogen-bond donors (Lipinski definition) is 1. The van der Waals surface area contributed by atoms with Crippen LogP contribution in [-0.4, -0.2) is 5.16 Å². The van der Waals surface area contributed by atoms with Crippen LogP contribution in [0.15, 0.2) is 35.0 Å². The Balaban J connectivity index is 1.93. The molecular formula is C12H10ClN3O. The summed E-state index contributed by atoms with van der Waals surface area (Å²) >= 11 is 6.04. The highest BCUT2D eigenvalue weighted by Gasteiger charge is 2.02. The average Bonchev–Trinajstić information content (AvgIpc) is 2.84. The molecule has 2 rings (SSSR count). The van der Waals surface area contributed by atoms with E-state index in [-0.39, 0.29) is 0 Å². The lowest BCUT2D eigenvalue weighted by Crippen LogP contribution is -2.12. The van der Waals surface area contributed by atoms with Gasteiger partial charge in [0.15, 0.2) is 0 Å². The quantitative estimate of drug-likeness (QED) is 0.902. The van der Waals surface area contributed by atoms with E-state index in [1.807, 2.05) is 12.1 Å². The van der Waals surface area contributed by atoms with Crippen LogP contribution < -0.4 is 5.32 Å². The van der Waals surface area contributed by atoms with Crippen LogP contribution in [0.2, 0.25) is 5.02 Å². The molecule has 5 heteroatoms. The van der Waals surface area contributed by atoms with Crippen LogP contribution in [0, 0.1) is 11.3 Å². The SMILES string of the molecule is N#Cc1ccc(CNCc2ccno2)c(Cl)c1. The van der Waals surface area contributed by atoms with Crippen molar-refractivity contribution in [2.45, 2.75) is 13.1 Å². The van der Waals surface area contributed by atoms with Crippen LogP contribution in [-0.2, 0) is 13.1 Å². The predicted molar refractivity (Wildman–Crippen MR) is 63.2 cm³/mol. The van der Waals surface area contributed by atoms with Crippen LogP contribution in [0.3, 0.4) is 0 Å². The fraction of sp³-hybridized carbons (Fsp3) is 0.167. The fourth-order valence-electron chi connectivity index (χ4n) is 1.41. The molecule has 0 aliphatic heterocycles. The smallest absolute Gasteiger partial charge is 0.150 e. The summed E-state index contributed by atoms with van der Waals surface area (Å²) in [7, 11) is 0. The van der Waals surface area contributed by atoms with Crippen molar-refractivity contribution in [2.75, 3.05) is 0 Å². The maximum atomic E-state index is 8.71. The molecule has 0 radical (unpaired) electrons. The lowest BCUT2D eigenvalue weighted by atomic mass is 10.1. The lowest BCUT2D eigenvalue weighted by Gasteiger charge is -2.05. The molecule has 2 aromatic rings. The molecular weight excluding hydrogens is 238 g/mol. The Labute approximate surface area is 104 Å². The van der Waals surface area contributed by atoms with Gasteiger partial charge in [0, 0.05) is 17.6 Å². The van der Waals surface area contributed by atoms with E-state index in [1.165, 1.54) is 0 Å². The molecule has 1 N–H and O–H groups in total. The Kier molecular flexibility index (Phi) is 3.76. The zero-order valence-electron chi connectivity index (χ0n) is 8.98. The number of nitriles is 1. The highest BCUT2D eigenvalue weighted by molar-refractivity contribution is 6.31. The van der Waals surface area contributed by atoms with E-state index in [0.29, 0.717) is 23.7 Å². The lowest BCUT2D eigenvalue weighted by molar-refractivity contribution is 0.373. The third-order valence-electron chi connectivity index (χ3n) is 2.29. The van der Waals surface area contributed by atoms with Gasteiger partial charge in [-0.1, -0.05) is 22.8 Å². The third-order valence-corrected chi connectivity index (χ3v) is 2.64. The third kappa shape index (κ3) is 3.06. The van der Waals surface area contributed by atoms with Crippen molar-refractivity contribution in [1.82, 2.24) is 10.5 Å². The van der Waals surface area contributed by atoms with Crippen molar-refractivity contribution in [2.24, 2.45) is 0 Å². The first-order valence-electron chi connectivity index (χ1n) is 5.08. The average molecular weight is 248 g/mol. The number of halogens is 1. The van der Waals surface area contributed by atoms with Gasteiger partial charge in [0.2, 0.25) is 0 Å². The van der Waals surface area contributed by atoms with Gasteiger partial charge in [0.25, 0.3) is 0 Å². The summed E-state index contributed by atoms with van der Waals surface area (Å²) in [6.45, 7) is 1.21. The van der Waals surface area contributed by atoms with Crippen molar-refractivity contribution in [1.29, 1.82) is 5.26 Å². The molecule has 0 amide bonds. The number of nitrogens with zero attached hydrogens (tertiary/aromatic N) is 2. The summed E-state index contributed by atoms with van der Waals surface area (Å²) in [5.41, 5.74) is 1.51. The standard InChI is InChI=1S/C12H10ClN3O/c13-12-5-9(6-14)1-2-10(12)7-15-8-11-3-4-16-17-11/h1-5,15H,7-8H2. The minimum absolute atomic E-state index is 0.564.